The first kappa shape index (κ1) is 20.2. The van der Waals surface area contributed by atoms with E-state index in [4.69, 9.17) is 4.74 Å². The molecule has 1 aromatic heterocycles. The molecule has 30 heavy (non-hydrogen) atoms. The number of halogens is 3. The van der Waals surface area contributed by atoms with Crippen LogP contribution in [0.5, 0.6) is 5.75 Å². The maximum Gasteiger partial charge on any atom is 0.416 e. The summed E-state index contributed by atoms with van der Waals surface area (Å²) in [5.41, 5.74) is 1.83. The van der Waals surface area contributed by atoms with Crippen LogP contribution in [0.3, 0.4) is 0 Å². The molecule has 0 fully saturated rings. The molecule has 0 spiro atoms. The average Bonchev–Trinajstić information content (AvgIpc) is 2.73. The monoisotopic (exact) mass is 415 g/mol. The fraction of sp³-hybridized carbons (Fsp3) is 0.273. The van der Waals surface area contributed by atoms with Crippen LogP contribution in [-0.4, -0.2) is 28.5 Å². The Morgan fingerprint density at radius 3 is 2.63 bits per heavy atom. The van der Waals surface area contributed by atoms with Gasteiger partial charge in [-0.3, -0.25) is 9.69 Å². The molecule has 2 heterocycles. The second-order valence-corrected chi connectivity index (χ2v) is 7.23. The summed E-state index contributed by atoms with van der Waals surface area (Å²) in [6.45, 7) is 1.89. The Bertz CT molecular complexity index is 1110. The molecule has 4 rings (SSSR count). The molecule has 0 radical (unpaired) electrons. The molecule has 0 bridgehead atoms. The highest BCUT2D eigenvalue weighted by molar-refractivity contribution is 5.56. The number of ether oxygens (including phenoxy) is 1. The first-order chi connectivity index (χ1) is 14.3. The van der Waals surface area contributed by atoms with E-state index in [2.05, 4.69) is 14.9 Å². The summed E-state index contributed by atoms with van der Waals surface area (Å²) < 4.78 is 43.6. The number of nitrogens with zero attached hydrogens (tertiary/aromatic N) is 2. The summed E-state index contributed by atoms with van der Waals surface area (Å²) in [6.07, 6.45) is -3.84. The first-order valence-electron chi connectivity index (χ1n) is 9.48. The third kappa shape index (κ3) is 4.23. The molecule has 0 aliphatic carbocycles. The van der Waals surface area contributed by atoms with E-state index in [1.807, 2.05) is 24.3 Å². The van der Waals surface area contributed by atoms with E-state index in [0.717, 1.165) is 23.4 Å². The highest BCUT2D eigenvalue weighted by Crippen LogP contribution is 2.30. The molecule has 0 saturated heterocycles. The Morgan fingerprint density at radius 1 is 1.17 bits per heavy atom. The summed E-state index contributed by atoms with van der Waals surface area (Å²) in [6, 6.07) is 12.4. The van der Waals surface area contributed by atoms with E-state index in [-0.39, 0.29) is 11.4 Å². The second-order valence-electron chi connectivity index (χ2n) is 7.23. The molecule has 2 aromatic carbocycles. The molecule has 0 unspecified atom stereocenters. The maximum atomic E-state index is 12.8. The van der Waals surface area contributed by atoms with Crippen molar-refractivity contribution in [3.63, 3.8) is 0 Å². The van der Waals surface area contributed by atoms with E-state index in [0.29, 0.717) is 42.9 Å². The maximum absolute atomic E-state index is 12.8. The van der Waals surface area contributed by atoms with Crippen molar-refractivity contribution in [3.8, 4) is 17.1 Å². The fourth-order valence-electron chi connectivity index (χ4n) is 3.61. The molecule has 8 heteroatoms. The molecular formula is C22H20F3N3O2. The minimum absolute atomic E-state index is 0.240. The zero-order valence-electron chi connectivity index (χ0n) is 16.3. The third-order valence-electron chi connectivity index (χ3n) is 5.18. The van der Waals surface area contributed by atoms with Crippen LogP contribution in [0.2, 0.25) is 0 Å². The molecule has 156 valence electrons. The van der Waals surface area contributed by atoms with E-state index >= 15 is 0 Å². The number of hydrogen-bond acceptors (Lipinski definition) is 4. The number of aromatic nitrogens is 2. The average molecular weight is 415 g/mol. The van der Waals surface area contributed by atoms with Gasteiger partial charge < -0.3 is 9.72 Å². The topological polar surface area (TPSA) is 58.2 Å². The zero-order chi connectivity index (χ0) is 21.3. The van der Waals surface area contributed by atoms with Crippen molar-refractivity contribution < 1.29 is 17.9 Å². The number of rotatable bonds is 4. The van der Waals surface area contributed by atoms with Gasteiger partial charge in [0.05, 0.1) is 18.4 Å². The molecule has 1 aliphatic heterocycles. The lowest BCUT2D eigenvalue weighted by Gasteiger charge is -2.27. The highest BCUT2D eigenvalue weighted by Gasteiger charge is 2.30. The SMILES string of the molecule is COc1cccc(CN2CCc3c(nc(-c4ccc(C(F)(F)F)cc4)[nH]c3=O)C2)c1. The van der Waals surface area contributed by atoms with Gasteiger partial charge in [0, 0.05) is 30.8 Å². The van der Waals surface area contributed by atoms with E-state index in [1.165, 1.54) is 12.1 Å². The van der Waals surface area contributed by atoms with Crippen molar-refractivity contribution >= 4 is 0 Å². The second kappa shape index (κ2) is 7.95. The molecule has 0 atom stereocenters. The molecule has 1 aliphatic rings. The number of hydrogen-bond donors (Lipinski definition) is 1. The molecule has 5 nitrogen and oxygen atoms in total. The van der Waals surface area contributed by atoms with Crippen molar-refractivity contribution in [2.75, 3.05) is 13.7 Å². The largest absolute Gasteiger partial charge is 0.497 e. The fourth-order valence-corrected chi connectivity index (χ4v) is 3.61. The highest BCUT2D eigenvalue weighted by atomic mass is 19.4. The van der Waals surface area contributed by atoms with Crippen LogP contribution in [0.4, 0.5) is 13.2 Å². The van der Waals surface area contributed by atoms with Crippen LogP contribution < -0.4 is 10.3 Å². The van der Waals surface area contributed by atoms with Gasteiger partial charge in [0.1, 0.15) is 11.6 Å². The Hall–Kier alpha value is -3.13. The Kier molecular flexibility index (Phi) is 5.34. The van der Waals surface area contributed by atoms with Gasteiger partial charge in [-0.2, -0.15) is 13.2 Å². The molecule has 3 aromatic rings. The third-order valence-corrected chi connectivity index (χ3v) is 5.18. The standard InChI is InChI=1S/C22H20F3N3O2/c1-30-17-4-2-3-14(11-17)12-28-10-9-18-19(13-28)26-20(27-21(18)29)15-5-7-16(8-6-15)22(23,24)25/h2-8,11H,9-10,12-13H2,1H3,(H,26,27,29). The Morgan fingerprint density at radius 2 is 1.93 bits per heavy atom. The quantitative estimate of drug-likeness (QED) is 0.699. The van der Waals surface area contributed by atoms with Gasteiger partial charge in [-0.25, -0.2) is 4.98 Å². The van der Waals surface area contributed by atoms with Crippen molar-refractivity contribution in [3.05, 3.63) is 81.3 Å². The van der Waals surface area contributed by atoms with Crippen molar-refractivity contribution in [2.45, 2.75) is 25.7 Å². The van der Waals surface area contributed by atoms with Crippen molar-refractivity contribution in [2.24, 2.45) is 0 Å². The van der Waals surface area contributed by atoms with E-state index in [9.17, 15) is 18.0 Å². The van der Waals surface area contributed by atoms with Crippen LogP contribution in [0, 0.1) is 0 Å². The van der Waals surface area contributed by atoms with Gasteiger partial charge >= 0.3 is 6.18 Å². The summed E-state index contributed by atoms with van der Waals surface area (Å²) in [5, 5.41) is 0. The number of methoxy groups -OCH3 is 1. The van der Waals surface area contributed by atoms with Gasteiger partial charge in [-0.15, -0.1) is 0 Å². The van der Waals surface area contributed by atoms with Crippen LogP contribution in [0.25, 0.3) is 11.4 Å². The number of aromatic amines is 1. The van der Waals surface area contributed by atoms with Crippen LogP contribution in [-0.2, 0) is 25.7 Å². The lowest BCUT2D eigenvalue weighted by atomic mass is 10.0. The smallest absolute Gasteiger partial charge is 0.416 e. The number of fused-ring (bicyclic) bond motifs is 1. The van der Waals surface area contributed by atoms with Gasteiger partial charge in [-0.1, -0.05) is 24.3 Å². The number of alkyl halides is 3. The molecule has 0 amide bonds. The van der Waals surface area contributed by atoms with Gasteiger partial charge in [0.25, 0.3) is 5.56 Å². The first-order valence-corrected chi connectivity index (χ1v) is 9.48. The van der Waals surface area contributed by atoms with E-state index in [1.54, 1.807) is 7.11 Å². The lowest BCUT2D eigenvalue weighted by Crippen LogP contribution is -2.35. The van der Waals surface area contributed by atoms with Crippen LogP contribution in [0.1, 0.15) is 22.4 Å². The Labute approximate surface area is 171 Å². The predicted molar refractivity (Wildman–Crippen MR) is 106 cm³/mol. The lowest BCUT2D eigenvalue weighted by molar-refractivity contribution is -0.137. The summed E-state index contributed by atoms with van der Waals surface area (Å²) in [7, 11) is 1.62. The molecule has 0 saturated carbocycles. The molecular weight excluding hydrogens is 395 g/mol. The predicted octanol–water partition coefficient (Wildman–Crippen LogP) is 4.02. The zero-order valence-corrected chi connectivity index (χ0v) is 16.3. The van der Waals surface area contributed by atoms with Crippen LogP contribution >= 0.6 is 0 Å². The van der Waals surface area contributed by atoms with E-state index < -0.39 is 11.7 Å². The summed E-state index contributed by atoms with van der Waals surface area (Å²) >= 11 is 0. The number of nitrogens with one attached hydrogen (secondary N) is 1. The van der Waals surface area contributed by atoms with Crippen molar-refractivity contribution in [1.82, 2.24) is 14.9 Å². The normalized spacial score (nSPS) is 14.4. The van der Waals surface area contributed by atoms with Gasteiger partial charge in [0.2, 0.25) is 0 Å². The molecule has 1 N–H and O–H groups in total. The summed E-state index contributed by atoms with van der Waals surface area (Å²) in [4.78, 5) is 22.0. The van der Waals surface area contributed by atoms with Crippen molar-refractivity contribution in [1.29, 1.82) is 0 Å². The number of benzene rings is 2. The minimum Gasteiger partial charge on any atom is -0.497 e. The minimum atomic E-state index is -4.41. The number of H-pyrrole nitrogens is 1. The summed E-state index contributed by atoms with van der Waals surface area (Å²) in [5.74, 6) is 1.06. The van der Waals surface area contributed by atoms with Gasteiger partial charge in [-0.05, 0) is 36.2 Å². The van der Waals surface area contributed by atoms with Gasteiger partial charge in [0.15, 0.2) is 0 Å². The van der Waals surface area contributed by atoms with Crippen LogP contribution in [0.15, 0.2) is 53.3 Å². The Balaban J connectivity index is 1.58.